The first-order valence-corrected chi connectivity index (χ1v) is 11.2. The number of hydrogen-bond donors (Lipinski definition) is 0. The van der Waals surface area contributed by atoms with Gasteiger partial charge < -0.3 is 4.90 Å². The fourth-order valence-electron chi connectivity index (χ4n) is 3.35. The van der Waals surface area contributed by atoms with Crippen molar-refractivity contribution in [2.45, 2.75) is 31.1 Å². The van der Waals surface area contributed by atoms with Crippen molar-refractivity contribution >= 4 is 15.9 Å². The molecule has 1 saturated heterocycles. The molecule has 6 nitrogen and oxygen atoms in total. The molecule has 0 radical (unpaired) electrons. The van der Waals surface area contributed by atoms with Crippen LogP contribution in [0.2, 0.25) is 0 Å². The highest BCUT2D eigenvalue weighted by atomic mass is 32.2. The van der Waals surface area contributed by atoms with Crippen molar-refractivity contribution in [3.8, 4) is 6.07 Å². The van der Waals surface area contributed by atoms with Gasteiger partial charge in [0, 0.05) is 31.7 Å². The molecular formula is C22H25N3O3S. The van der Waals surface area contributed by atoms with E-state index in [1.165, 1.54) is 4.31 Å². The van der Waals surface area contributed by atoms with Crippen LogP contribution in [0.1, 0.15) is 47.7 Å². The minimum atomic E-state index is -3.57. The summed E-state index contributed by atoms with van der Waals surface area (Å²) < 4.78 is 27.3. The van der Waals surface area contributed by atoms with Crippen LogP contribution in [0.3, 0.4) is 0 Å². The van der Waals surface area contributed by atoms with Crippen molar-refractivity contribution in [1.29, 1.82) is 5.26 Å². The first-order valence-electron chi connectivity index (χ1n) is 9.76. The summed E-state index contributed by atoms with van der Waals surface area (Å²) in [5.74, 6) is 0.244. The zero-order chi connectivity index (χ0) is 21.0. The van der Waals surface area contributed by atoms with Crippen molar-refractivity contribution in [3.05, 3.63) is 65.2 Å². The van der Waals surface area contributed by atoms with Crippen molar-refractivity contribution in [3.63, 3.8) is 0 Å². The van der Waals surface area contributed by atoms with Crippen molar-refractivity contribution in [2.24, 2.45) is 0 Å². The molecule has 0 bridgehead atoms. The Morgan fingerprint density at radius 1 is 1.03 bits per heavy atom. The Hall–Kier alpha value is -2.69. The molecule has 1 fully saturated rings. The number of carbonyl (C=O) groups excluding carboxylic acids is 1. The van der Waals surface area contributed by atoms with E-state index in [0.29, 0.717) is 30.1 Å². The average molecular weight is 412 g/mol. The Labute approximate surface area is 172 Å². The molecule has 1 unspecified atom stereocenters. The molecule has 0 aliphatic carbocycles. The number of sulfonamides is 1. The molecule has 0 N–H and O–H groups in total. The molecule has 0 aromatic heterocycles. The fourth-order valence-corrected chi connectivity index (χ4v) is 4.78. The number of carbonyl (C=O) groups is 1. The maximum absolute atomic E-state index is 12.9. The van der Waals surface area contributed by atoms with E-state index in [4.69, 9.17) is 5.26 Å². The smallest absolute Gasteiger partial charge is 0.253 e. The van der Waals surface area contributed by atoms with E-state index in [-0.39, 0.29) is 23.9 Å². The molecule has 29 heavy (non-hydrogen) atoms. The Kier molecular flexibility index (Phi) is 6.36. The third kappa shape index (κ3) is 4.50. The van der Waals surface area contributed by atoms with Gasteiger partial charge in [0.15, 0.2) is 0 Å². The van der Waals surface area contributed by atoms with Crippen LogP contribution in [0.4, 0.5) is 0 Å². The van der Waals surface area contributed by atoms with Gasteiger partial charge in [-0.3, -0.25) is 4.79 Å². The van der Waals surface area contributed by atoms with Gasteiger partial charge in [0.2, 0.25) is 10.0 Å². The molecule has 1 amide bonds. The van der Waals surface area contributed by atoms with E-state index in [1.807, 2.05) is 18.2 Å². The predicted molar refractivity (Wildman–Crippen MR) is 111 cm³/mol. The number of nitrogens with zero attached hydrogens (tertiary/aromatic N) is 3. The number of piperazine rings is 1. The van der Waals surface area contributed by atoms with Crippen LogP contribution in [0.15, 0.2) is 53.4 Å². The second kappa shape index (κ2) is 8.76. The van der Waals surface area contributed by atoms with Crippen molar-refractivity contribution < 1.29 is 13.2 Å². The van der Waals surface area contributed by atoms with Crippen LogP contribution >= 0.6 is 0 Å². The van der Waals surface area contributed by atoms with Gasteiger partial charge in [0.25, 0.3) is 5.91 Å². The lowest BCUT2D eigenvalue weighted by molar-refractivity contribution is 0.0698. The second-order valence-electron chi connectivity index (χ2n) is 7.26. The largest absolute Gasteiger partial charge is 0.336 e. The second-order valence-corrected chi connectivity index (χ2v) is 9.20. The lowest BCUT2D eigenvalue weighted by Crippen LogP contribution is -2.50. The van der Waals surface area contributed by atoms with Gasteiger partial charge in [-0.2, -0.15) is 9.57 Å². The Morgan fingerprint density at radius 3 is 2.14 bits per heavy atom. The zero-order valence-electron chi connectivity index (χ0n) is 16.7. The van der Waals surface area contributed by atoms with E-state index in [9.17, 15) is 13.2 Å². The molecule has 3 rings (SSSR count). The third-order valence-electron chi connectivity index (χ3n) is 5.49. The maximum atomic E-state index is 12.9. The number of hydrogen-bond acceptors (Lipinski definition) is 4. The van der Waals surface area contributed by atoms with Crippen LogP contribution in [0.25, 0.3) is 0 Å². The van der Waals surface area contributed by atoms with E-state index in [1.54, 1.807) is 41.3 Å². The number of nitriles is 1. The summed E-state index contributed by atoms with van der Waals surface area (Å²) in [7, 11) is -3.57. The summed E-state index contributed by atoms with van der Waals surface area (Å²) in [5, 5.41) is 8.86. The quantitative estimate of drug-likeness (QED) is 0.756. The van der Waals surface area contributed by atoms with Gasteiger partial charge in [-0.15, -0.1) is 0 Å². The van der Waals surface area contributed by atoms with E-state index in [0.717, 1.165) is 12.0 Å². The monoisotopic (exact) mass is 411 g/mol. The highest BCUT2D eigenvalue weighted by Crippen LogP contribution is 2.23. The molecule has 0 spiro atoms. The molecule has 0 saturated carbocycles. The van der Waals surface area contributed by atoms with Gasteiger partial charge in [-0.1, -0.05) is 26.0 Å². The van der Waals surface area contributed by atoms with Gasteiger partial charge >= 0.3 is 0 Å². The lowest BCUT2D eigenvalue weighted by Gasteiger charge is -2.34. The first-order chi connectivity index (χ1) is 13.9. The molecule has 7 heteroatoms. The highest BCUT2D eigenvalue weighted by Gasteiger charge is 2.30. The van der Waals surface area contributed by atoms with Gasteiger partial charge in [0.1, 0.15) is 0 Å². The van der Waals surface area contributed by atoms with Crippen LogP contribution in [0.5, 0.6) is 0 Å². The number of rotatable bonds is 5. The van der Waals surface area contributed by atoms with Crippen molar-refractivity contribution in [1.82, 2.24) is 9.21 Å². The molecule has 1 atom stereocenters. The summed E-state index contributed by atoms with van der Waals surface area (Å²) in [6, 6.07) is 15.6. The van der Waals surface area contributed by atoms with Gasteiger partial charge in [-0.25, -0.2) is 8.42 Å². The molecule has 2 aromatic carbocycles. The van der Waals surface area contributed by atoms with E-state index >= 15 is 0 Å². The lowest BCUT2D eigenvalue weighted by atomic mass is 9.99. The average Bonchev–Trinajstić information content (AvgIpc) is 2.78. The normalized spacial score (nSPS) is 16.2. The van der Waals surface area contributed by atoms with Crippen LogP contribution in [0, 0.1) is 11.3 Å². The maximum Gasteiger partial charge on any atom is 0.253 e. The van der Waals surface area contributed by atoms with Gasteiger partial charge in [-0.05, 0) is 54.3 Å². The number of benzene rings is 2. The Balaban J connectivity index is 1.66. The van der Waals surface area contributed by atoms with Gasteiger partial charge in [0.05, 0.1) is 16.5 Å². The topological polar surface area (TPSA) is 81.5 Å². The summed E-state index contributed by atoms with van der Waals surface area (Å²) in [5.41, 5.74) is 2.13. The summed E-state index contributed by atoms with van der Waals surface area (Å²) >= 11 is 0. The first kappa shape index (κ1) is 21.0. The predicted octanol–water partition coefficient (Wildman–Crippen LogP) is 3.22. The summed E-state index contributed by atoms with van der Waals surface area (Å²) in [4.78, 5) is 14.6. The molecule has 2 aromatic rings. The highest BCUT2D eigenvalue weighted by molar-refractivity contribution is 7.89. The van der Waals surface area contributed by atoms with E-state index in [2.05, 4.69) is 13.8 Å². The molecule has 1 heterocycles. The number of amides is 1. The molecular weight excluding hydrogens is 386 g/mol. The molecule has 1 aliphatic rings. The molecule has 1 aliphatic heterocycles. The summed E-state index contributed by atoms with van der Waals surface area (Å²) in [6.45, 7) is 5.42. The van der Waals surface area contributed by atoms with Crippen LogP contribution in [-0.4, -0.2) is 49.7 Å². The Morgan fingerprint density at radius 2 is 1.62 bits per heavy atom. The fraction of sp³-hybridized carbons (Fsp3) is 0.364. The molecule has 152 valence electrons. The van der Waals surface area contributed by atoms with E-state index < -0.39 is 10.0 Å². The SMILES string of the molecule is CCC(C)c1ccc(S(=O)(=O)N2CCN(C(=O)c3ccc(C#N)cc3)CC2)cc1. The minimum Gasteiger partial charge on any atom is -0.336 e. The Bertz CT molecular complexity index is 1000. The van der Waals surface area contributed by atoms with Crippen LogP contribution in [-0.2, 0) is 10.0 Å². The summed E-state index contributed by atoms with van der Waals surface area (Å²) in [6.07, 6.45) is 1.00. The standard InChI is InChI=1S/C22H25N3O3S/c1-3-17(2)19-8-10-21(11-9-19)29(27,28)25-14-12-24(13-15-25)22(26)20-6-4-18(16-23)5-7-20/h4-11,17H,3,12-15H2,1-2H3. The third-order valence-corrected chi connectivity index (χ3v) is 7.40. The van der Waals surface area contributed by atoms with Crippen molar-refractivity contribution in [2.75, 3.05) is 26.2 Å². The zero-order valence-corrected chi connectivity index (χ0v) is 17.5. The van der Waals surface area contributed by atoms with Crippen LogP contribution < -0.4 is 0 Å². The minimum absolute atomic E-state index is 0.149.